The van der Waals surface area contributed by atoms with E-state index in [0.29, 0.717) is 0 Å². The monoisotopic (exact) mass is 370 g/mol. The van der Waals surface area contributed by atoms with Crippen molar-refractivity contribution in [1.29, 1.82) is 0 Å². The summed E-state index contributed by atoms with van der Waals surface area (Å²) in [6.07, 6.45) is 0. The van der Waals surface area contributed by atoms with Gasteiger partial charge in [0.05, 0.1) is 4.88 Å². The van der Waals surface area contributed by atoms with Gasteiger partial charge in [-0.15, -0.1) is 11.3 Å². The van der Waals surface area contributed by atoms with Gasteiger partial charge in [-0.05, 0) is 36.4 Å². The Morgan fingerprint density at radius 1 is 1.04 bits per heavy atom. The second kappa shape index (κ2) is 7.35. The van der Waals surface area contributed by atoms with Crippen LogP contribution in [-0.2, 0) is 13.1 Å². The van der Waals surface area contributed by atoms with Crippen molar-refractivity contribution in [2.24, 2.45) is 0 Å². The van der Waals surface area contributed by atoms with Gasteiger partial charge in [0.2, 0.25) is 0 Å². The molecule has 0 bridgehead atoms. The fourth-order valence-electron chi connectivity index (χ4n) is 3.91. The third-order valence-corrected chi connectivity index (χ3v) is 6.50. The SMILES string of the molecule is Cc1ccc2c(C[NH+]3CC[NH+](Cc4cccs4)CC3)cc(=O)oc2c1C. The Kier molecular flexibility index (Phi) is 4.94. The van der Waals surface area contributed by atoms with E-state index in [4.69, 9.17) is 4.42 Å². The number of fused-ring (bicyclic) bond motifs is 1. The van der Waals surface area contributed by atoms with E-state index >= 15 is 0 Å². The lowest BCUT2D eigenvalue weighted by Crippen LogP contribution is -3.27. The fraction of sp³-hybridized carbons (Fsp3) is 0.381. The molecule has 3 aromatic rings. The predicted molar refractivity (Wildman–Crippen MR) is 105 cm³/mol. The van der Waals surface area contributed by atoms with E-state index in [0.717, 1.165) is 53.8 Å². The lowest BCUT2D eigenvalue weighted by atomic mass is 10.0. The molecule has 136 valence electrons. The van der Waals surface area contributed by atoms with E-state index < -0.39 is 0 Å². The molecule has 0 spiro atoms. The van der Waals surface area contributed by atoms with Crippen LogP contribution in [0.4, 0.5) is 0 Å². The van der Waals surface area contributed by atoms with Gasteiger partial charge >= 0.3 is 5.63 Å². The highest BCUT2D eigenvalue weighted by atomic mass is 32.1. The van der Waals surface area contributed by atoms with E-state index in [1.54, 1.807) is 15.9 Å². The summed E-state index contributed by atoms with van der Waals surface area (Å²) in [6.45, 7) is 10.8. The number of hydrogen-bond acceptors (Lipinski definition) is 3. The third kappa shape index (κ3) is 3.61. The Bertz CT molecular complexity index is 954. The predicted octanol–water partition coefficient (Wildman–Crippen LogP) is 0.955. The molecule has 1 aliphatic rings. The van der Waals surface area contributed by atoms with Crippen molar-refractivity contribution in [2.75, 3.05) is 26.2 Å². The normalized spacial score (nSPS) is 20.5. The maximum atomic E-state index is 12.1. The minimum absolute atomic E-state index is 0.234. The number of aryl methyl sites for hydroxylation is 2. The molecule has 1 aliphatic heterocycles. The molecule has 1 saturated heterocycles. The number of benzene rings is 1. The number of nitrogens with one attached hydrogen (secondary N) is 2. The average Bonchev–Trinajstić information content (AvgIpc) is 3.13. The van der Waals surface area contributed by atoms with Gasteiger partial charge in [0, 0.05) is 17.0 Å². The molecule has 0 atom stereocenters. The molecule has 0 saturated carbocycles. The summed E-state index contributed by atoms with van der Waals surface area (Å²) in [7, 11) is 0. The van der Waals surface area contributed by atoms with Crippen LogP contribution in [-0.4, -0.2) is 26.2 Å². The van der Waals surface area contributed by atoms with E-state index in [1.165, 1.54) is 18.0 Å². The average molecular weight is 371 g/mol. The highest BCUT2D eigenvalue weighted by molar-refractivity contribution is 7.09. The number of quaternary nitrogens is 2. The topological polar surface area (TPSA) is 39.1 Å². The molecule has 2 N–H and O–H groups in total. The maximum absolute atomic E-state index is 12.1. The van der Waals surface area contributed by atoms with Crippen molar-refractivity contribution in [3.63, 3.8) is 0 Å². The van der Waals surface area contributed by atoms with E-state index in [2.05, 4.69) is 36.6 Å². The van der Waals surface area contributed by atoms with E-state index in [9.17, 15) is 4.79 Å². The van der Waals surface area contributed by atoms with Crippen LogP contribution in [0.2, 0.25) is 0 Å². The highest BCUT2D eigenvalue weighted by Gasteiger charge is 2.24. The maximum Gasteiger partial charge on any atom is 0.336 e. The minimum Gasteiger partial charge on any atom is -0.422 e. The second-order valence-electron chi connectivity index (χ2n) is 7.41. The quantitative estimate of drug-likeness (QED) is 0.672. The van der Waals surface area contributed by atoms with Gasteiger partial charge in [0.25, 0.3) is 0 Å². The molecule has 4 rings (SSSR count). The van der Waals surface area contributed by atoms with Crippen LogP contribution in [0.3, 0.4) is 0 Å². The summed E-state index contributed by atoms with van der Waals surface area (Å²) in [5.41, 5.74) is 3.88. The zero-order valence-corrected chi connectivity index (χ0v) is 16.2. The van der Waals surface area contributed by atoms with Crippen molar-refractivity contribution >= 4 is 22.3 Å². The van der Waals surface area contributed by atoms with Crippen LogP contribution >= 0.6 is 11.3 Å². The van der Waals surface area contributed by atoms with Crippen LogP contribution in [0.15, 0.2) is 44.9 Å². The molecule has 5 heteroatoms. The first-order valence-corrected chi connectivity index (χ1v) is 10.2. The summed E-state index contributed by atoms with van der Waals surface area (Å²) in [5.74, 6) is 0. The van der Waals surface area contributed by atoms with E-state index in [1.807, 2.05) is 18.3 Å². The van der Waals surface area contributed by atoms with Crippen LogP contribution in [0.5, 0.6) is 0 Å². The molecule has 4 nitrogen and oxygen atoms in total. The van der Waals surface area contributed by atoms with Gasteiger partial charge in [-0.3, -0.25) is 0 Å². The number of piperazine rings is 1. The minimum atomic E-state index is -0.234. The fourth-order valence-corrected chi connectivity index (χ4v) is 4.69. The van der Waals surface area contributed by atoms with Gasteiger partial charge in [-0.1, -0.05) is 18.2 Å². The van der Waals surface area contributed by atoms with Crippen LogP contribution < -0.4 is 15.4 Å². The summed E-state index contributed by atoms with van der Waals surface area (Å²) in [4.78, 5) is 16.8. The first kappa shape index (κ1) is 17.5. The zero-order valence-electron chi connectivity index (χ0n) is 15.4. The Balaban J connectivity index is 1.48. The van der Waals surface area contributed by atoms with Crippen LogP contribution in [0, 0.1) is 13.8 Å². The number of rotatable bonds is 4. The molecule has 0 unspecified atom stereocenters. The standard InChI is InChI=1S/C21H24N2O2S/c1-15-5-6-19-17(12-20(24)25-21(19)16(15)2)13-22-7-9-23(10-8-22)14-18-4-3-11-26-18/h3-6,11-12H,7-10,13-14H2,1-2H3/p+2. The molecular formula is C21H26N2O2S+2. The van der Waals surface area contributed by atoms with Crippen molar-refractivity contribution in [3.05, 3.63) is 67.7 Å². The summed E-state index contributed by atoms with van der Waals surface area (Å²) >= 11 is 1.85. The lowest BCUT2D eigenvalue weighted by molar-refractivity contribution is -1.02. The van der Waals surface area contributed by atoms with Gasteiger partial charge in [0.1, 0.15) is 44.9 Å². The van der Waals surface area contributed by atoms with Gasteiger partial charge in [0.15, 0.2) is 0 Å². The first-order chi connectivity index (χ1) is 12.6. The highest BCUT2D eigenvalue weighted by Crippen LogP contribution is 2.22. The Hall–Kier alpha value is -1.95. The first-order valence-electron chi connectivity index (χ1n) is 9.32. The molecule has 0 radical (unpaired) electrons. The van der Waals surface area contributed by atoms with Crippen molar-refractivity contribution in [2.45, 2.75) is 26.9 Å². The molecule has 1 fully saturated rings. The Morgan fingerprint density at radius 2 is 1.77 bits per heavy atom. The van der Waals surface area contributed by atoms with Gasteiger partial charge in [-0.2, -0.15) is 0 Å². The summed E-state index contributed by atoms with van der Waals surface area (Å²) in [6, 6.07) is 10.3. The van der Waals surface area contributed by atoms with Crippen molar-refractivity contribution in [3.8, 4) is 0 Å². The van der Waals surface area contributed by atoms with Crippen LogP contribution in [0.25, 0.3) is 11.0 Å². The summed E-state index contributed by atoms with van der Waals surface area (Å²) in [5, 5.41) is 3.25. The van der Waals surface area contributed by atoms with Crippen molar-refractivity contribution in [1.82, 2.24) is 0 Å². The molecule has 2 aromatic heterocycles. The second-order valence-corrected chi connectivity index (χ2v) is 8.44. The van der Waals surface area contributed by atoms with E-state index in [-0.39, 0.29) is 5.63 Å². The summed E-state index contributed by atoms with van der Waals surface area (Å²) < 4.78 is 5.51. The zero-order chi connectivity index (χ0) is 18.1. The molecule has 26 heavy (non-hydrogen) atoms. The van der Waals surface area contributed by atoms with Gasteiger partial charge in [-0.25, -0.2) is 4.79 Å². The lowest BCUT2D eigenvalue weighted by Gasteiger charge is -2.29. The number of hydrogen-bond donors (Lipinski definition) is 2. The number of thiophene rings is 1. The van der Waals surface area contributed by atoms with Gasteiger partial charge < -0.3 is 14.2 Å². The Morgan fingerprint density at radius 3 is 2.46 bits per heavy atom. The molecule has 1 aromatic carbocycles. The Labute approximate surface area is 157 Å². The molecule has 0 amide bonds. The molecule has 3 heterocycles. The third-order valence-electron chi connectivity index (χ3n) is 5.63. The van der Waals surface area contributed by atoms with Crippen molar-refractivity contribution < 1.29 is 14.2 Å². The smallest absolute Gasteiger partial charge is 0.336 e. The largest absolute Gasteiger partial charge is 0.422 e. The molecule has 0 aliphatic carbocycles. The molecular weight excluding hydrogens is 344 g/mol. The van der Waals surface area contributed by atoms with Crippen LogP contribution in [0.1, 0.15) is 21.6 Å².